The summed E-state index contributed by atoms with van der Waals surface area (Å²) >= 11 is 0. The fourth-order valence-corrected chi connectivity index (χ4v) is 4.56. The fraction of sp³-hybridized carbons (Fsp3) is 0.259. The minimum absolute atomic E-state index is 0.0540. The lowest BCUT2D eigenvalue weighted by atomic mass is 9.77. The summed E-state index contributed by atoms with van der Waals surface area (Å²) in [6.45, 7) is 2.03. The molecule has 0 bridgehead atoms. The van der Waals surface area contributed by atoms with E-state index < -0.39 is 0 Å². The van der Waals surface area contributed by atoms with Gasteiger partial charge in [-0.2, -0.15) is 0 Å². The van der Waals surface area contributed by atoms with Crippen molar-refractivity contribution in [2.24, 2.45) is 11.8 Å². The molecule has 2 atom stereocenters. The molecule has 2 aromatic heterocycles. The molecule has 34 heavy (non-hydrogen) atoms. The van der Waals surface area contributed by atoms with Crippen LogP contribution < -0.4 is 0 Å². The van der Waals surface area contributed by atoms with Crippen LogP contribution in [0.15, 0.2) is 66.9 Å². The van der Waals surface area contributed by atoms with Gasteiger partial charge in [0.15, 0.2) is 17.4 Å². The molecule has 0 radical (unpaired) electrons. The minimum Gasteiger partial charge on any atom is -0.297 e. The fourth-order valence-electron chi connectivity index (χ4n) is 4.56. The molecular formula is C27H24F2N4O. The van der Waals surface area contributed by atoms with Crippen LogP contribution in [0.4, 0.5) is 8.78 Å². The Kier molecular flexibility index (Phi) is 6.01. The first-order chi connectivity index (χ1) is 16.5. The molecule has 7 heteroatoms. The van der Waals surface area contributed by atoms with E-state index in [2.05, 4.69) is 21.1 Å². The van der Waals surface area contributed by atoms with Gasteiger partial charge in [-0.25, -0.2) is 18.4 Å². The summed E-state index contributed by atoms with van der Waals surface area (Å²) in [6, 6.07) is 15.8. The third kappa shape index (κ3) is 4.51. The summed E-state index contributed by atoms with van der Waals surface area (Å²) in [5.41, 5.74) is 3.63. The van der Waals surface area contributed by atoms with Gasteiger partial charge in [-0.3, -0.25) is 9.78 Å². The number of hydrogen-bond acceptors (Lipinski definition) is 4. The number of rotatable bonds is 6. The monoisotopic (exact) mass is 458 g/mol. The Hall–Kier alpha value is -3.74. The van der Waals surface area contributed by atoms with Gasteiger partial charge >= 0.3 is 0 Å². The molecule has 0 N–H and O–H groups in total. The number of nitrogens with zero attached hydrogens (tertiary/aromatic N) is 4. The van der Waals surface area contributed by atoms with Crippen molar-refractivity contribution >= 4 is 5.78 Å². The van der Waals surface area contributed by atoms with Gasteiger partial charge in [0.1, 0.15) is 18.2 Å². The van der Waals surface area contributed by atoms with E-state index >= 15 is 0 Å². The number of fused-ring (bicyclic) bond motifs is 1. The molecule has 2 heterocycles. The molecule has 0 saturated carbocycles. The zero-order valence-corrected chi connectivity index (χ0v) is 18.8. The van der Waals surface area contributed by atoms with Gasteiger partial charge in [-0.05, 0) is 85.3 Å². The van der Waals surface area contributed by atoms with Crippen LogP contribution in [-0.4, -0.2) is 25.5 Å². The minimum atomic E-state index is -0.356. The summed E-state index contributed by atoms with van der Waals surface area (Å²) in [4.78, 5) is 22.4. The maximum atomic E-state index is 13.5. The van der Waals surface area contributed by atoms with E-state index in [-0.39, 0.29) is 35.8 Å². The lowest BCUT2D eigenvalue weighted by Gasteiger charge is -2.28. The SMILES string of the molecule is CC(C(=O)Cn1nc(-c2ccc(F)cc2)nc1-c1ccc(F)cc1)C1CCc2ncccc2C1. The Morgan fingerprint density at radius 3 is 2.41 bits per heavy atom. The van der Waals surface area contributed by atoms with E-state index in [0.29, 0.717) is 22.8 Å². The lowest BCUT2D eigenvalue weighted by Crippen LogP contribution is -2.29. The number of aromatic nitrogens is 4. The van der Waals surface area contributed by atoms with Crippen LogP contribution in [0.3, 0.4) is 0 Å². The van der Waals surface area contributed by atoms with Gasteiger partial charge in [0, 0.05) is 28.9 Å². The van der Waals surface area contributed by atoms with Gasteiger partial charge in [0.05, 0.1) is 0 Å². The van der Waals surface area contributed by atoms with E-state index in [0.717, 1.165) is 25.0 Å². The number of ketones is 1. The second kappa shape index (κ2) is 9.25. The van der Waals surface area contributed by atoms with E-state index in [1.165, 1.54) is 29.8 Å². The second-order valence-electron chi connectivity index (χ2n) is 8.80. The Balaban J connectivity index is 1.42. The van der Waals surface area contributed by atoms with Crippen LogP contribution in [-0.2, 0) is 24.2 Å². The topological polar surface area (TPSA) is 60.7 Å². The molecule has 1 aliphatic rings. The van der Waals surface area contributed by atoms with E-state index in [9.17, 15) is 13.6 Å². The second-order valence-corrected chi connectivity index (χ2v) is 8.80. The maximum Gasteiger partial charge on any atom is 0.181 e. The zero-order valence-electron chi connectivity index (χ0n) is 18.8. The number of Topliss-reactive ketones (excluding diaryl/α,β-unsaturated/α-hetero) is 1. The Labute approximate surface area is 196 Å². The summed E-state index contributed by atoms with van der Waals surface area (Å²) in [5, 5.41) is 4.57. The molecule has 2 unspecified atom stereocenters. The highest BCUT2D eigenvalue weighted by molar-refractivity contribution is 5.81. The van der Waals surface area contributed by atoms with Crippen LogP contribution in [0.5, 0.6) is 0 Å². The maximum absolute atomic E-state index is 13.5. The largest absolute Gasteiger partial charge is 0.297 e. The lowest BCUT2D eigenvalue weighted by molar-refractivity contribution is -0.124. The van der Waals surface area contributed by atoms with Crippen molar-refractivity contribution in [1.82, 2.24) is 19.7 Å². The Morgan fingerprint density at radius 2 is 1.71 bits per heavy atom. The highest BCUT2D eigenvalue weighted by Gasteiger charge is 2.29. The number of hydrogen-bond donors (Lipinski definition) is 0. The van der Waals surface area contributed by atoms with Crippen molar-refractivity contribution in [2.45, 2.75) is 32.7 Å². The van der Waals surface area contributed by atoms with Crippen molar-refractivity contribution in [1.29, 1.82) is 0 Å². The van der Waals surface area contributed by atoms with Crippen LogP contribution in [0.1, 0.15) is 24.6 Å². The van der Waals surface area contributed by atoms with E-state index in [1.807, 2.05) is 19.2 Å². The van der Waals surface area contributed by atoms with Crippen LogP contribution in [0.2, 0.25) is 0 Å². The zero-order chi connectivity index (χ0) is 23.7. The van der Waals surface area contributed by atoms with Crippen LogP contribution in [0, 0.1) is 23.5 Å². The Morgan fingerprint density at radius 1 is 1.03 bits per heavy atom. The van der Waals surface area contributed by atoms with Crippen molar-refractivity contribution < 1.29 is 13.6 Å². The first-order valence-electron chi connectivity index (χ1n) is 11.4. The molecule has 0 fully saturated rings. The molecule has 0 saturated heterocycles. The standard InChI is InChI=1S/C27H24F2N4O/c1-17(20-8-13-24-21(15-20)3-2-14-30-24)25(34)16-33-27(19-6-11-23(29)12-7-19)31-26(32-33)18-4-9-22(28)10-5-18/h2-7,9-12,14,17,20H,8,13,15-16H2,1H3. The quantitative estimate of drug-likeness (QED) is 0.394. The molecular weight excluding hydrogens is 434 g/mol. The normalized spacial score (nSPS) is 16.1. The average Bonchev–Trinajstić information content (AvgIpc) is 3.27. The van der Waals surface area contributed by atoms with Crippen LogP contribution >= 0.6 is 0 Å². The molecule has 2 aromatic carbocycles. The highest BCUT2D eigenvalue weighted by atomic mass is 19.1. The van der Waals surface area contributed by atoms with Crippen molar-refractivity contribution in [3.8, 4) is 22.8 Å². The van der Waals surface area contributed by atoms with Crippen molar-refractivity contribution in [3.63, 3.8) is 0 Å². The molecule has 5 nitrogen and oxygen atoms in total. The number of aryl methyl sites for hydroxylation is 1. The van der Waals surface area contributed by atoms with Crippen molar-refractivity contribution in [2.75, 3.05) is 0 Å². The third-order valence-corrected chi connectivity index (χ3v) is 6.62. The van der Waals surface area contributed by atoms with Gasteiger partial charge in [-0.15, -0.1) is 5.10 Å². The number of benzene rings is 2. The first kappa shape index (κ1) is 22.1. The predicted molar refractivity (Wildman–Crippen MR) is 125 cm³/mol. The molecule has 0 spiro atoms. The van der Waals surface area contributed by atoms with E-state index in [1.54, 1.807) is 28.9 Å². The van der Waals surface area contributed by atoms with Gasteiger partial charge in [0.2, 0.25) is 0 Å². The summed E-state index contributed by atoms with van der Waals surface area (Å²) in [5.74, 6) is 0.291. The third-order valence-electron chi connectivity index (χ3n) is 6.62. The molecule has 0 aliphatic heterocycles. The van der Waals surface area contributed by atoms with Gasteiger partial charge in [0.25, 0.3) is 0 Å². The molecule has 172 valence electrons. The van der Waals surface area contributed by atoms with E-state index in [4.69, 9.17) is 0 Å². The van der Waals surface area contributed by atoms with Crippen molar-refractivity contribution in [3.05, 3.63) is 89.8 Å². The average molecular weight is 459 g/mol. The molecule has 5 rings (SSSR count). The number of pyridine rings is 1. The molecule has 4 aromatic rings. The Bertz CT molecular complexity index is 1320. The predicted octanol–water partition coefficient (Wildman–Crippen LogP) is 5.30. The smallest absolute Gasteiger partial charge is 0.181 e. The molecule has 0 amide bonds. The van der Waals surface area contributed by atoms with Crippen LogP contribution in [0.25, 0.3) is 22.8 Å². The summed E-state index contributed by atoms with van der Waals surface area (Å²) < 4.78 is 28.5. The van der Waals surface area contributed by atoms with Gasteiger partial charge in [-0.1, -0.05) is 13.0 Å². The van der Waals surface area contributed by atoms with Gasteiger partial charge < -0.3 is 0 Å². The highest BCUT2D eigenvalue weighted by Crippen LogP contribution is 2.30. The summed E-state index contributed by atoms with van der Waals surface area (Å²) in [6.07, 6.45) is 4.44. The molecule has 1 aliphatic carbocycles. The number of halogens is 2. The summed E-state index contributed by atoms with van der Waals surface area (Å²) in [7, 11) is 0. The number of carbonyl (C=O) groups excluding carboxylic acids is 1. The number of carbonyl (C=O) groups is 1. The first-order valence-corrected chi connectivity index (χ1v) is 11.4.